The van der Waals surface area contributed by atoms with E-state index in [9.17, 15) is 19.6 Å². The second-order valence-electron chi connectivity index (χ2n) is 3.82. The number of hydrogen-bond acceptors (Lipinski definition) is 5. The highest BCUT2D eigenvalue weighted by Crippen LogP contribution is 2.22. The van der Waals surface area contributed by atoms with Gasteiger partial charge in [-0.05, 0) is 24.6 Å². The predicted molar refractivity (Wildman–Crippen MR) is 59.3 cm³/mol. The summed E-state index contributed by atoms with van der Waals surface area (Å²) in [6, 6.07) is 3.97. The molecule has 0 radical (unpaired) electrons. The molecular formula is C12H11NO5. The first-order valence-electron chi connectivity index (χ1n) is 5.45. The molecule has 0 aliphatic carbocycles. The van der Waals surface area contributed by atoms with Crippen LogP contribution < -0.4 is 0 Å². The number of carbonyl (C=O) groups is 3. The largest absolute Gasteiger partial charge is 0.462 e. The molecule has 1 aliphatic rings. The Morgan fingerprint density at radius 1 is 1.28 bits per heavy atom. The molecule has 1 aliphatic heterocycles. The van der Waals surface area contributed by atoms with Crippen LogP contribution in [0.4, 0.5) is 0 Å². The Kier molecular flexibility index (Phi) is 3.12. The summed E-state index contributed by atoms with van der Waals surface area (Å²) in [4.78, 5) is 34.5. The third-order valence-corrected chi connectivity index (χ3v) is 2.54. The number of carbonyl (C=O) groups excluding carboxylic acids is 3. The Balaban J connectivity index is 2.32. The van der Waals surface area contributed by atoms with Gasteiger partial charge in [-0.3, -0.25) is 14.8 Å². The smallest absolute Gasteiger partial charge is 0.338 e. The summed E-state index contributed by atoms with van der Waals surface area (Å²) < 4.78 is 4.91. The highest BCUT2D eigenvalue weighted by Gasteiger charge is 2.35. The number of amides is 2. The molecule has 0 saturated carbocycles. The molecular weight excluding hydrogens is 238 g/mol. The number of fused-ring (bicyclic) bond motifs is 1. The molecule has 1 N–H and O–H groups in total. The van der Waals surface area contributed by atoms with Crippen molar-refractivity contribution in [2.75, 3.05) is 6.61 Å². The third-order valence-electron chi connectivity index (χ3n) is 2.54. The van der Waals surface area contributed by atoms with Gasteiger partial charge in [0.15, 0.2) is 0 Å². The van der Waals surface area contributed by atoms with Crippen molar-refractivity contribution in [3.8, 4) is 0 Å². The van der Waals surface area contributed by atoms with Gasteiger partial charge in [0, 0.05) is 0 Å². The van der Waals surface area contributed by atoms with Crippen molar-refractivity contribution < 1.29 is 24.3 Å². The van der Waals surface area contributed by atoms with Crippen molar-refractivity contribution >= 4 is 17.8 Å². The minimum absolute atomic E-state index is 0.00782. The molecule has 2 amide bonds. The van der Waals surface area contributed by atoms with E-state index < -0.39 is 17.8 Å². The number of ether oxygens (including phenoxy) is 1. The monoisotopic (exact) mass is 249 g/mol. The van der Waals surface area contributed by atoms with Crippen LogP contribution in [0.3, 0.4) is 0 Å². The van der Waals surface area contributed by atoms with Gasteiger partial charge in [-0.25, -0.2) is 4.79 Å². The fourth-order valence-electron chi connectivity index (χ4n) is 1.63. The Morgan fingerprint density at radius 2 is 1.94 bits per heavy atom. The van der Waals surface area contributed by atoms with Crippen LogP contribution in [-0.2, 0) is 4.74 Å². The maximum absolute atomic E-state index is 11.6. The summed E-state index contributed by atoms with van der Waals surface area (Å²) in [7, 11) is 0. The first-order chi connectivity index (χ1) is 8.56. The van der Waals surface area contributed by atoms with Crippen LogP contribution in [0.5, 0.6) is 0 Å². The molecule has 0 saturated heterocycles. The predicted octanol–water partition coefficient (Wildman–Crippen LogP) is 1.24. The molecule has 0 spiro atoms. The summed E-state index contributed by atoms with van der Waals surface area (Å²) in [5, 5.41) is 9.21. The van der Waals surface area contributed by atoms with Gasteiger partial charge in [0.1, 0.15) is 0 Å². The lowest BCUT2D eigenvalue weighted by Crippen LogP contribution is -2.25. The minimum Gasteiger partial charge on any atom is -0.462 e. The Hall–Kier alpha value is -2.21. The fourth-order valence-corrected chi connectivity index (χ4v) is 1.63. The van der Waals surface area contributed by atoms with Gasteiger partial charge in [-0.2, -0.15) is 0 Å². The van der Waals surface area contributed by atoms with E-state index in [4.69, 9.17) is 4.74 Å². The van der Waals surface area contributed by atoms with Gasteiger partial charge < -0.3 is 4.74 Å². The maximum atomic E-state index is 11.6. The first kappa shape index (κ1) is 12.3. The molecule has 6 heteroatoms. The summed E-state index contributed by atoms with van der Waals surface area (Å²) in [5.74, 6) is -2.18. The van der Waals surface area contributed by atoms with E-state index >= 15 is 0 Å². The molecule has 1 aromatic carbocycles. The molecule has 0 unspecified atom stereocenters. The van der Waals surface area contributed by atoms with E-state index in [-0.39, 0.29) is 28.4 Å². The number of esters is 1. The molecule has 6 nitrogen and oxygen atoms in total. The van der Waals surface area contributed by atoms with Crippen LogP contribution in [0.25, 0.3) is 0 Å². The topological polar surface area (TPSA) is 83.9 Å². The molecule has 94 valence electrons. The van der Waals surface area contributed by atoms with E-state index in [0.717, 1.165) is 0 Å². The number of imide groups is 1. The van der Waals surface area contributed by atoms with Crippen molar-refractivity contribution in [1.82, 2.24) is 5.06 Å². The zero-order chi connectivity index (χ0) is 13.3. The van der Waals surface area contributed by atoms with E-state index in [0.29, 0.717) is 6.42 Å². The molecule has 18 heavy (non-hydrogen) atoms. The molecule has 0 aromatic heterocycles. The van der Waals surface area contributed by atoms with Crippen molar-refractivity contribution in [2.45, 2.75) is 13.3 Å². The van der Waals surface area contributed by atoms with Crippen LogP contribution in [0.15, 0.2) is 18.2 Å². The second kappa shape index (κ2) is 4.58. The van der Waals surface area contributed by atoms with Crippen LogP contribution in [0, 0.1) is 0 Å². The van der Waals surface area contributed by atoms with Crippen molar-refractivity contribution in [3.05, 3.63) is 34.9 Å². The fraction of sp³-hybridized carbons (Fsp3) is 0.250. The summed E-state index contributed by atoms with van der Waals surface area (Å²) in [5.41, 5.74) is 0.265. The average Bonchev–Trinajstić information content (AvgIpc) is 2.61. The minimum atomic E-state index is -0.833. The standard InChI is InChI=1S/C12H11NO5/c1-2-5-18-12(16)7-3-4-8-9(6-7)11(15)13(17)10(8)14/h3-4,6,17H,2,5H2,1H3. The average molecular weight is 249 g/mol. The Labute approximate surface area is 103 Å². The van der Waals surface area contributed by atoms with E-state index in [2.05, 4.69) is 0 Å². The summed E-state index contributed by atoms with van der Waals surface area (Å²) in [6.07, 6.45) is 0.693. The lowest BCUT2D eigenvalue weighted by atomic mass is 10.1. The highest BCUT2D eigenvalue weighted by molar-refractivity contribution is 6.20. The van der Waals surface area contributed by atoms with E-state index in [1.807, 2.05) is 6.92 Å². The number of benzene rings is 1. The van der Waals surface area contributed by atoms with Gasteiger partial charge in [0.05, 0.1) is 23.3 Å². The van der Waals surface area contributed by atoms with Gasteiger partial charge in [0.2, 0.25) is 0 Å². The molecule has 1 aromatic rings. The summed E-state index contributed by atoms with van der Waals surface area (Å²) >= 11 is 0. The maximum Gasteiger partial charge on any atom is 0.338 e. The van der Waals surface area contributed by atoms with Gasteiger partial charge >= 0.3 is 5.97 Å². The van der Waals surface area contributed by atoms with Crippen molar-refractivity contribution in [3.63, 3.8) is 0 Å². The highest BCUT2D eigenvalue weighted by atomic mass is 16.5. The Morgan fingerprint density at radius 3 is 2.61 bits per heavy atom. The quantitative estimate of drug-likeness (QED) is 0.495. The van der Waals surface area contributed by atoms with Gasteiger partial charge in [0.25, 0.3) is 11.8 Å². The van der Waals surface area contributed by atoms with Crippen LogP contribution >= 0.6 is 0 Å². The van der Waals surface area contributed by atoms with E-state index in [1.54, 1.807) is 0 Å². The zero-order valence-corrected chi connectivity index (χ0v) is 9.67. The molecule has 0 fully saturated rings. The molecule has 1 heterocycles. The number of hydrogen-bond donors (Lipinski definition) is 1. The van der Waals surface area contributed by atoms with Crippen molar-refractivity contribution in [2.24, 2.45) is 0 Å². The normalized spacial score (nSPS) is 13.8. The lowest BCUT2D eigenvalue weighted by molar-refractivity contribution is -0.0327. The number of nitrogens with zero attached hydrogens (tertiary/aromatic N) is 1. The first-order valence-corrected chi connectivity index (χ1v) is 5.45. The molecule has 0 atom stereocenters. The lowest BCUT2D eigenvalue weighted by Gasteiger charge is -2.03. The third kappa shape index (κ3) is 1.86. The zero-order valence-electron chi connectivity index (χ0n) is 9.67. The van der Waals surface area contributed by atoms with Gasteiger partial charge in [-0.1, -0.05) is 6.92 Å². The second-order valence-corrected chi connectivity index (χ2v) is 3.82. The summed E-state index contributed by atoms with van der Waals surface area (Å²) in [6.45, 7) is 2.15. The van der Waals surface area contributed by atoms with Crippen LogP contribution in [-0.4, -0.2) is 34.7 Å². The van der Waals surface area contributed by atoms with Crippen LogP contribution in [0.2, 0.25) is 0 Å². The molecule has 0 bridgehead atoms. The number of hydroxylamine groups is 2. The van der Waals surface area contributed by atoms with Gasteiger partial charge in [-0.15, -0.1) is 5.06 Å². The van der Waals surface area contributed by atoms with Crippen LogP contribution in [0.1, 0.15) is 44.4 Å². The SMILES string of the molecule is CCCOC(=O)c1ccc2c(c1)C(=O)N(O)C2=O. The number of rotatable bonds is 3. The van der Waals surface area contributed by atoms with Crippen molar-refractivity contribution in [1.29, 1.82) is 0 Å². The van der Waals surface area contributed by atoms with E-state index in [1.165, 1.54) is 18.2 Å². The molecule has 2 rings (SSSR count). The Bertz CT molecular complexity index is 537.